The van der Waals surface area contributed by atoms with Crippen LogP contribution in [0.5, 0.6) is 0 Å². The largest absolute Gasteiger partial charge is 0.397 e. The molecule has 0 rings (SSSR count). The fourth-order valence-corrected chi connectivity index (χ4v) is 2.20. The highest BCUT2D eigenvalue weighted by molar-refractivity contribution is 6.50. The van der Waals surface area contributed by atoms with E-state index in [0.29, 0.717) is 0 Å². The van der Waals surface area contributed by atoms with Crippen LogP contribution in [-0.2, 0) is 13.6 Å². The van der Waals surface area contributed by atoms with Gasteiger partial charge in [0, 0.05) is 14.2 Å². The van der Waals surface area contributed by atoms with E-state index in [-0.39, 0.29) is 11.8 Å². The highest BCUT2D eigenvalue weighted by Crippen LogP contribution is 2.14. The van der Waals surface area contributed by atoms with Gasteiger partial charge in [0.1, 0.15) is 6.23 Å². The molecule has 0 aromatic heterocycles. The maximum absolute atomic E-state index is 5.72. The van der Waals surface area contributed by atoms with E-state index < -0.39 is 9.28 Å². The van der Waals surface area contributed by atoms with Crippen molar-refractivity contribution < 1.29 is 13.6 Å². The Labute approximate surface area is 94.2 Å². The van der Waals surface area contributed by atoms with Crippen LogP contribution in [0.3, 0.4) is 0 Å². The zero-order valence-corrected chi connectivity index (χ0v) is 11.5. The molecule has 1 unspecified atom stereocenters. The van der Waals surface area contributed by atoms with E-state index in [9.17, 15) is 0 Å². The van der Waals surface area contributed by atoms with Crippen LogP contribution in [0.4, 0.5) is 0 Å². The quantitative estimate of drug-likeness (QED) is 0.528. The van der Waals surface area contributed by atoms with Gasteiger partial charge in [-0.2, -0.15) is 0 Å². The first-order valence-corrected chi connectivity index (χ1v) is 6.74. The predicted octanol–water partition coefficient (Wildman–Crippen LogP) is 1.09. The summed E-state index contributed by atoms with van der Waals surface area (Å²) >= 11 is 0. The number of hydrogen-bond donors (Lipinski definition) is 1. The summed E-state index contributed by atoms with van der Waals surface area (Å²) in [5.41, 5.74) is 7.29. The van der Waals surface area contributed by atoms with Gasteiger partial charge in [0.15, 0.2) is 0 Å². The third-order valence-electron chi connectivity index (χ3n) is 1.98. The minimum absolute atomic E-state index is 0.227. The second-order valence-corrected chi connectivity index (χ2v) is 5.93. The molecule has 0 bridgehead atoms. The van der Waals surface area contributed by atoms with E-state index in [1.54, 1.807) is 14.2 Å². The molecule has 0 saturated heterocycles. The summed E-state index contributed by atoms with van der Waals surface area (Å²) in [6.07, 6.45) is 2.52. The maximum atomic E-state index is 5.72. The average Bonchev–Trinajstić information content (AvgIpc) is 2.18. The van der Waals surface area contributed by atoms with Crippen molar-refractivity contribution in [3.8, 4) is 0 Å². The normalized spacial score (nSPS) is 15.1. The molecule has 0 aliphatic carbocycles. The van der Waals surface area contributed by atoms with E-state index in [4.69, 9.17) is 19.3 Å². The Balaban J connectivity index is 4.22. The van der Waals surface area contributed by atoms with Gasteiger partial charge in [-0.25, -0.2) is 0 Å². The molecule has 0 amide bonds. The lowest BCUT2D eigenvalue weighted by molar-refractivity contribution is -0.0392. The summed E-state index contributed by atoms with van der Waals surface area (Å²) in [4.78, 5) is 0. The predicted molar refractivity (Wildman–Crippen MR) is 63.7 cm³/mol. The third-order valence-corrected chi connectivity index (χ3v) is 3.41. The van der Waals surface area contributed by atoms with Crippen LogP contribution in [0.2, 0.25) is 0 Å². The van der Waals surface area contributed by atoms with E-state index >= 15 is 0 Å². The van der Waals surface area contributed by atoms with Gasteiger partial charge in [-0.05, 0) is 26.0 Å². The SMILES string of the molecule is CCC(N)OC(C)(C)C=C[SiH](OC)OC. The molecule has 0 radical (unpaired) electrons. The van der Waals surface area contributed by atoms with E-state index in [0.717, 1.165) is 6.42 Å². The molecule has 2 N–H and O–H groups in total. The van der Waals surface area contributed by atoms with Gasteiger partial charge in [0.2, 0.25) is 0 Å². The lowest BCUT2D eigenvalue weighted by atomic mass is 10.1. The number of nitrogens with two attached hydrogens (primary N) is 1. The highest BCUT2D eigenvalue weighted by atomic mass is 28.3. The first kappa shape index (κ1) is 14.8. The van der Waals surface area contributed by atoms with Gasteiger partial charge in [0.05, 0.1) is 5.60 Å². The monoisotopic (exact) mass is 233 g/mol. The first-order valence-electron chi connectivity index (χ1n) is 5.13. The zero-order chi connectivity index (χ0) is 11.9. The molecule has 0 spiro atoms. The highest BCUT2D eigenvalue weighted by Gasteiger charge is 2.18. The van der Waals surface area contributed by atoms with E-state index in [1.807, 2.05) is 32.5 Å². The van der Waals surface area contributed by atoms with Gasteiger partial charge in [-0.3, -0.25) is 0 Å². The molecular weight excluding hydrogens is 210 g/mol. The lowest BCUT2D eigenvalue weighted by Gasteiger charge is -2.25. The van der Waals surface area contributed by atoms with Crippen molar-refractivity contribution in [2.75, 3.05) is 14.2 Å². The van der Waals surface area contributed by atoms with Gasteiger partial charge in [-0.1, -0.05) is 13.0 Å². The maximum Gasteiger partial charge on any atom is 0.347 e. The molecule has 0 aromatic carbocycles. The van der Waals surface area contributed by atoms with Crippen LogP contribution in [0, 0.1) is 0 Å². The second kappa shape index (κ2) is 7.13. The van der Waals surface area contributed by atoms with E-state index in [2.05, 4.69) is 0 Å². The van der Waals surface area contributed by atoms with Crippen LogP contribution in [0.25, 0.3) is 0 Å². The molecule has 90 valence electrons. The molecule has 0 heterocycles. The minimum Gasteiger partial charge on any atom is -0.397 e. The number of ether oxygens (including phenoxy) is 1. The van der Waals surface area contributed by atoms with Crippen molar-refractivity contribution in [2.45, 2.75) is 39.0 Å². The van der Waals surface area contributed by atoms with Gasteiger partial charge >= 0.3 is 9.28 Å². The smallest absolute Gasteiger partial charge is 0.347 e. The molecule has 5 heteroatoms. The van der Waals surface area contributed by atoms with Crippen LogP contribution in [0.15, 0.2) is 11.8 Å². The fraction of sp³-hybridized carbons (Fsp3) is 0.800. The van der Waals surface area contributed by atoms with Crippen LogP contribution in [0.1, 0.15) is 27.2 Å². The Hall–Kier alpha value is -0.203. The van der Waals surface area contributed by atoms with Gasteiger partial charge < -0.3 is 19.3 Å². The van der Waals surface area contributed by atoms with Crippen molar-refractivity contribution >= 4 is 9.28 Å². The van der Waals surface area contributed by atoms with Crippen molar-refractivity contribution in [1.82, 2.24) is 0 Å². The average molecular weight is 233 g/mol. The minimum atomic E-state index is -1.65. The summed E-state index contributed by atoms with van der Waals surface area (Å²) in [6, 6.07) is 0. The molecular formula is C10H23NO3Si. The number of rotatable bonds is 7. The standard InChI is InChI=1S/C10H23NO3Si/c1-6-9(11)14-10(2,3)7-8-15(12-4)13-5/h7-9,15H,6,11H2,1-5H3. The van der Waals surface area contributed by atoms with Crippen LogP contribution >= 0.6 is 0 Å². The van der Waals surface area contributed by atoms with Crippen molar-refractivity contribution in [2.24, 2.45) is 5.73 Å². The molecule has 15 heavy (non-hydrogen) atoms. The van der Waals surface area contributed by atoms with Gasteiger partial charge in [0.25, 0.3) is 0 Å². The summed E-state index contributed by atoms with van der Waals surface area (Å²) in [5, 5.41) is 0. The number of hydrogen-bond acceptors (Lipinski definition) is 4. The van der Waals surface area contributed by atoms with Crippen molar-refractivity contribution in [1.29, 1.82) is 0 Å². The first-order chi connectivity index (χ1) is 6.95. The van der Waals surface area contributed by atoms with Crippen molar-refractivity contribution in [3.05, 3.63) is 11.8 Å². The lowest BCUT2D eigenvalue weighted by Crippen LogP contribution is -2.34. The Kier molecular flexibility index (Phi) is 7.04. The summed E-state index contributed by atoms with van der Waals surface area (Å²) in [5.74, 6) is 0. The molecule has 0 aliphatic rings. The Bertz CT molecular complexity index is 193. The third kappa shape index (κ3) is 6.81. The molecule has 0 aromatic rings. The van der Waals surface area contributed by atoms with Crippen LogP contribution in [-0.4, -0.2) is 35.3 Å². The van der Waals surface area contributed by atoms with Gasteiger partial charge in [-0.15, -0.1) is 0 Å². The van der Waals surface area contributed by atoms with Crippen molar-refractivity contribution in [3.63, 3.8) is 0 Å². The van der Waals surface area contributed by atoms with Crippen LogP contribution < -0.4 is 5.73 Å². The Morgan fingerprint density at radius 3 is 2.27 bits per heavy atom. The molecule has 0 fully saturated rings. The summed E-state index contributed by atoms with van der Waals surface area (Å²) in [6.45, 7) is 5.93. The topological polar surface area (TPSA) is 53.7 Å². The summed E-state index contributed by atoms with van der Waals surface area (Å²) < 4.78 is 16.0. The summed E-state index contributed by atoms with van der Waals surface area (Å²) in [7, 11) is 1.65. The molecule has 0 saturated carbocycles. The fourth-order valence-electron chi connectivity index (χ4n) is 1.08. The molecule has 1 atom stereocenters. The Morgan fingerprint density at radius 1 is 1.33 bits per heavy atom. The second-order valence-electron chi connectivity index (χ2n) is 3.87. The van der Waals surface area contributed by atoms with E-state index in [1.165, 1.54) is 0 Å². The zero-order valence-electron chi connectivity index (χ0n) is 10.3. The molecule has 4 nitrogen and oxygen atoms in total. The Morgan fingerprint density at radius 2 is 1.87 bits per heavy atom. The molecule has 0 aliphatic heterocycles.